The van der Waals surface area contributed by atoms with E-state index >= 15 is 0 Å². The van der Waals surface area contributed by atoms with Gasteiger partial charge in [-0.3, -0.25) is 14.7 Å². The minimum Gasteiger partial charge on any atom is -0.343 e. The lowest BCUT2D eigenvalue weighted by atomic mass is 9.99. The van der Waals surface area contributed by atoms with Gasteiger partial charge in [-0.25, -0.2) is 0 Å². The highest BCUT2D eigenvalue weighted by atomic mass is 16.2. The molecule has 0 aliphatic carbocycles. The van der Waals surface area contributed by atoms with Gasteiger partial charge in [-0.05, 0) is 37.5 Å². The van der Waals surface area contributed by atoms with Crippen LogP contribution in [-0.4, -0.2) is 40.0 Å². The lowest BCUT2D eigenvalue weighted by molar-refractivity contribution is -0.131. The van der Waals surface area contributed by atoms with Crippen molar-refractivity contribution < 1.29 is 9.59 Å². The summed E-state index contributed by atoms with van der Waals surface area (Å²) in [6.07, 6.45) is 4.71. The second-order valence-electron chi connectivity index (χ2n) is 6.02. The minimum atomic E-state index is -0.0397. The first-order valence-corrected chi connectivity index (χ1v) is 8.19. The maximum atomic E-state index is 12.5. The summed E-state index contributed by atoms with van der Waals surface area (Å²) in [5.41, 5.74) is 1.68. The summed E-state index contributed by atoms with van der Waals surface area (Å²) < 4.78 is 0. The fourth-order valence-electron chi connectivity index (χ4n) is 3.09. The largest absolute Gasteiger partial charge is 0.343 e. The monoisotopic (exact) mass is 314 g/mol. The molecule has 1 atom stereocenters. The molecule has 0 bridgehead atoms. The van der Waals surface area contributed by atoms with Gasteiger partial charge in [0.25, 0.3) is 0 Å². The molecule has 0 spiro atoms. The topological polar surface area (TPSA) is 78.1 Å². The molecule has 1 aliphatic rings. The Morgan fingerprint density at radius 3 is 3.04 bits per heavy atom. The summed E-state index contributed by atoms with van der Waals surface area (Å²) in [4.78, 5) is 26.2. The Bertz CT molecular complexity index is 709. The van der Waals surface area contributed by atoms with E-state index in [1.165, 1.54) is 0 Å². The zero-order valence-electron chi connectivity index (χ0n) is 13.3. The second-order valence-corrected chi connectivity index (χ2v) is 6.02. The van der Waals surface area contributed by atoms with Gasteiger partial charge in [0.05, 0.1) is 11.7 Å². The summed E-state index contributed by atoms with van der Waals surface area (Å²) in [6.45, 7) is 3.31. The van der Waals surface area contributed by atoms with Gasteiger partial charge >= 0.3 is 0 Å². The zero-order chi connectivity index (χ0) is 16.2. The molecule has 0 radical (unpaired) electrons. The van der Waals surface area contributed by atoms with Gasteiger partial charge < -0.3 is 10.2 Å². The average Bonchev–Trinajstić information content (AvgIpc) is 2.88. The number of rotatable bonds is 3. The number of aromatic amines is 1. The third-order valence-electron chi connectivity index (χ3n) is 4.46. The van der Waals surface area contributed by atoms with Crippen molar-refractivity contribution >= 4 is 28.4 Å². The third-order valence-corrected chi connectivity index (χ3v) is 4.46. The molecule has 1 aromatic heterocycles. The van der Waals surface area contributed by atoms with Crippen LogP contribution in [0.2, 0.25) is 0 Å². The number of carbonyl (C=O) groups is 2. The SMILES string of the molecule is CCC(=O)N1CCCC(C(=O)Nc2ccc3cn[nH]c3c2)CC1. The standard InChI is InChI=1S/C17H22N4O2/c1-2-16(22)21-8-3-4-12(7-9-21)17(23)19-14-6-5-13-11-18-20-15(13)10-14/h5-6,10-12H,2-4,7-9H2,1H3,(H,18,20)(H,19,23). The van der Waals surface area contributed by atoms with E-state index < -0.39 is 0 Å². The first kappa shape index (κ1) is 15.5. The van der Waals surface area contributed by atoms with E-state index in [-0.39, 0.29) is 17.7 Å². The van der Waals surface area contributed by atoms with Crippen molar-refractivity contribution in [3.05, 3.63) is 24.4 Å². The van der Waals surface area contributed by atoms with Gasteiger partial charge in [-0.2, -0.15) is 5.10 Å². The summed E-state index contributed by atoms with van der Waals surface area (Å²) in [5.74, 6) is 0.174. The van der Waals surface area contributed by atoms with Crippen LogP contribution in [0.3, 0.4) is 0 Å². The number of H-pyrrole nitrogens is 1. The Kier molecular flexibility index (Phi) is 4.60. The highest BCUT2D eigenvalue weighted by Crippen LogP contribution is 2.22. The van der Waals surface area contributed by atoms with Crippen molar-refractivity contribution in [2.75, 3.05) is 18.4 Å². The van der Waals surface area contributed by atoms with Crippen LogP contribution in [-0.2, 0) is 9.59 Å². The Morgan fingerprint density at radius 2 is 2.22 bits per heavy atom. The van der Waals surface area contributed by atoms with E-state index in [1.54, 1.807) is 6.20 Å². The normalized spacial score (nSPS) is 18.7. The predicted molar refractivity (Wildman–Crippen MR) is 88.9 cm³/mol. The molecule has 6 heteroatoms. The van der Waals surface area contributed by atoms with Crippen LogP contribution in [0.5, 0.6) is 0 Å². The summed E-state index contributed by atoms with van der Waals surface area (Å²) >= 11 is 0. The van der Waals surface area contributed by atoms with Crippen LogP contribution in [0.15, 0.2) is 24.4 Å². The summed E-state index contributed by atoms with van der Waals surface area (Å²) in [6, 6.07) is 5.71. The van der Waals surface area contributed by atoms with Gasteiger partial charge in [0, 0.05) is 36.5 Å². The van der Waals surface area contributed by atoms with E-state index in [4.69, 9.17) is 0 Å². The lowest BCUT2D eigenvalue weighted by Gasteiger charge is -2.19. The van der Waals surface area contributed by atoms with Crippen molar-refractivity contribution in [1.29, 1.82) is 0 Å². The number of anilines is 1. The number of amides is 2. The number of carbonyl (C=O) groups excluding carboxylic acids is 2. The van der Waals surface area contributed by atoms with Crippen molar-refractivity contribution in [2.24, 2.45) is 5.92 Å². The van der Waals surface area contributed by atoms with Crippen LogP contribution < -0.4 is 5.32 Å². The van der Waals surface area contributed by atoms with Gasteiger partial charge in [0.2, 0.25) is 11.8 Å². The molecule has 1 unspecified atom stereocenters. The Balaban J connectivity index is 1.62. The molecule has 1 fully saturated rings. The van der Waals surface area contributed by atoms with Gasteiger partial charge in [0.1, 0.15) is 0 Å². The smallest absolute Gasteiger partial charge is 0.227 e. The quantitative estimate of drug-likeness (QED) is 0.914. The molecule has 6 nitrogen and oxygen atoms in total. The van der Waals surface area contributed by atoms with E-state index in [2.05, 4.69) is 15.5 Å². The first-order chi connectivity index (χ1) is 11.2. The molecule has 2 N–H and O–H groups in total. The molecule has 1 saturated heterocycles. The van der Waals surface area contributed by atoms with Crippen LogP contribution >= 0.6 is 0 Å². The molecule has 2 heterocycles. The summed E-state index contributed by atoms with van der Waals surface area (Å²) in [5, 5.41) is 10.9. The predicted octanol–water partition coefficient (Wildman–Crippen LogP) is 2.54. The fraction of sp³-hybridized carbons (Fsp3) is 0.471. The number of nitrogens with zero attached hydrogens (tertiary/aromatic N) is 2. The molecule has 2 aromatic rings. The molecule has 122 valence electrons. The van der Waals surface area contributed by atoms with Crippen molar-refractivity contribution in [3.8, 4) is 0 Å². The van der Waals surface area contributed by atoms with Crippen molar-refractivity contribution in [2.45, 2.75) is 32.6 Å². The summed E-state index contributed by atoms with van der Waals surface area (Å²) in [7, 11) is 0. The minimum absolute atomic E-state index is 0.0367. The second kappa shape index (κ2) is 6.81. The number of benzene rings is 1. The fourth-order valence-corrected chi connectivity index (χ4v) is 3.09. The number of hydrogen-bond donors (Lipinski definition) is 2. The van der Waals surface area contributed by atoms with Crippen LogP contribution in [0, 0.1) is 5.92 Å². The Labute approximate surface area is 135 Å². The Morgan fingerprint density at radius 1 is 1.35 bits per heavy atom. The van der Waals surface area contributed by atoms with Gasteiger partial charge in [-0.1, -0.05) is 6.92 Å². The van der Waals surface area contributed by atoms with E-state index in [0.717, 1.165) is 42.4 Å². The van der Waals surface area contributed by atoms with Crippen LogP contribution in [0.1, 0.15) is 32.6 Å². The lowest BCUT2D eigenvalue weighted by Crippen LogP contribution is -2.31. The molecule has 23 heavy (non-hydrogen) atoms. The van der Waals surface area contributed by atoms with E-state index in [9.17, 15) is 9.59 Å². The molecule has 0 saturated carbocycles. The number of nitrogens with one attached hydrogen (secondary N) is 2. The number of aromatic nitrogens is 2. The van der Waals surface area contributed by atoms with Crippen molar-refractivity contribution in [1.82, 2.24) is 15.1 Å². The highest BCUT2D eigenvalue weighted by molar-refractivity contribution is 5.94. The maximum absolute atomic E-state index is 12.5. The number of hydrogen-bond acceptors (Lipinski definition) is 3. The highest BCUT2D eigenvalue weighted by Gasteiger charge is 2.24. The molecular weight excluding hydrogens is 292 g/mol. The van der Waals surface area contributed by atoms with Gasteiger partial charge in [0.15, 0.2) is 0 Å². The average molecular weight is 314 g/mol. The maximum Gasteiger partial charge on any atom is 0.227 e. The number of likely N-dealkylation sites (tertiary alicyclic amines) is 1. The Hall–Kier alpha value is -2.37. The van der Waals surface area contributed by atoms with Gasteiger partial charge in [-0.15, -0.1) is 0 Å². The first-order valence-electron chi connectivity index (χ1n) is 8.19. The van der Waals surface area contributed by atoms with Crippen LogP contribution in [0.25, 0.3) is 10.9 Å². The van der Waals surface area contributed by atoms with Crippen molar-refractivity contribution in [3.63, 3.8) is 0 Å². The molecule has 1 aliphatic heterocycles. The third kappa shape index (κ3) is 3.52. The molecule has 1 aromatic carbocycles. The molecule has 3 rings (SSSR count). The van der Waals surface area contributed by atoms with E-state index in [0.29, 0.717) is 13.0 Å². The van der Waals surface area contributed by atoms with E-state index in [1.807, 2.05) is 30.0 Å². The van der Waals surface area contributed by atoms with Crippen LogP contribution in [0.4, 0.5) is 5.69 Å². The molecule has 2 amide bonds. The zero-order valence-corrected chi connectivity index (χ0v) is 13.3. The number of fused-ring (bicyclic) bond motifs is 1. The molecular formula is C17H22N4O2.